The van der Waals surface area contributed by atoms with Crippen LogP contribution in [0.4, 0.5) is 0 Å². The molecule has 0 atom stereocenters. The van der Waals surface area contributed by atoms with Crippen molar-refractivity contribution in [2.24, 2.45) is 0 Å². The van der Waals surface area contributed by atoms with Gasteiger partial charge >= 0.3 is 0 Å². The number of piperazine rings is 1. The quantitative estimate of drug-likeness (QED) is 0.719. The van der Waals surface area contributed by atoms with Gasteiger partial charge in [-0.2, -0.15) is 0 Å². The van der Waals surface area contributed by atoms with Gasteiger partial charge in [-0.3, -0.25) is 14.6 Å². The Morgan fingerprint density at radius 2 is 1.79 bits per heavy atom. The van der Waals surface area contributed by atoms with Crippen LogP contribution in [-0.2, 0) is 6.54 Å². The van der Waals surface area contributed by atoms with Gasteiger partial charge in [-0.1, -0.05) is 0 Å². The lowest BCUT2D eigenvalue weighted by Crippen LogP contribution is -2.48. The minimum absolute atomic E-state index is 0.171. The number of carbonyl (C=O) groups is 1. The predicted octanol–water partition coefficient (Wildman–Crippen LogP) is 1.39. The van der Waals surface area contributed by atoms with Crippen molar-refractivity contribution in [3.8, 4) is 5.75 Å². The van der Waals surface area contributed by atoms with Crippen LogP contribution in [0.5, 0.6) is 5.75 Å². The average molecular weight is 328 g/mol. The maximum absolute atomic E-state index is 12.4. The van der Waals surface area contributed by atoms with E-state index in [1.807, 2.05) is 43.0 Å². The Balaban J connectivity index is 1.42. The van der Waals surface area contributed by atoms with Gasteiger partial charge in [0.25, 0.3) is 0 Å². The van der Waals surface area contributed by atoms with Crippen molar-refractivity contribution in [3.63, 3.8) is 0 Å². The lowest BCUT2D eigenvalue weighted by Gasteiger charge is -2.34. The molecular weight excluding hydrogens is 304 g/mol. The maximum Gasteiger partial charge on any atom is 0.176 e. The van der Waals surface area contributed by atoms with E-state index >= 15 is 0 Å². The summed E-state index contributed by atoms with van der Waals surface area (Å²) in [6.45, 7) is 6.36. The van der Waals surface area contributed by atoms with Crippen molar-refractivity contribution >= 4 is 5.78 Å². The number of ketones is 1. The lowest BCUT2D eigenvalue weighted by atomic mass is 10.1. The highest BCUT2D eigenvalue weighted by atomic mass is 16.5. The summed E-state index contributed by atoms with van der Waals surface area (Å²) >= 11 is 0. The van der Waals surface area contributed by atoms with Gasteiger partial charge in [0.05, 0.1) is 20.0 Å². The van der Waals surface area contributed by atoms with Gasteiger partial charge in [0.15, 0.2) is 5.78 Å². The van der Waals surface area contributed by atoms with Gasteiger partial charge in [-0.05, 0) is 24.3 Å². The summed E-state index contributed by atoms with van der Waals surface area (Å²) in [5.41, 5.74) is 0.748. The molecule has 1 aliphatic rings. The van der Waals surface area contributed by atoms with E-state index in [4.69, 9.17) is 4.74 Å². The van der Waals surface area contributed by atoms with Crippen molar-refractivity contribution in [3.05, 3.63) is 48.5 Å². The van der Waals surface area contributed by atoms with Crippen molar-refractivity contribution in [1.82, 2.24) is 19.4 Å². The van der Waals surface area contributed by atoms with Gasteiger partial charge < -0.3 is 9.30 Å². The van der Waals surface area contributed by atoms with Crippen LogP contribution in [0.25, 0.3) is 0 Å². The molecule has 24 heavy (non-hydrogen) atoms. The fourth-order valence-corrected chi connectivity index (χ4v) is 2.92. The van der Waals surface area contributed by atoms with Gasteiger partial charge in [-0.15, -0.1) is 0 Å². The molecule has 1 saturated heterocycles. The Bertz CT molecular complexity index is 632. The van der Waals surface area contributed by atoms with Crippen LogP contribution < -0.4 is 4.74 Å². The molecule has 1 aromatic carbocycles. The molecule has 1 fully saturated rings. The molecule has 2 heterocycles. The third-order valence-electron chi connectivity index (χ3n) is 4.48. The van der Waals surface area contributed by atoms with Crippen molar-refractivity contribution in [2.45, 2.75) is 6.54 Å². The number of hydrogen-bond donors (Lipinski definition) is 0. The topological polar surface area (TPSA) is 50.6 Å². The molecule has 0 aliphatic carbocycles. The van der Waals surface area contributed by atoms with Crippen LogP contribution >= 0.6 is 0 Å². The Labute approximate surface area is 142 Å². The number of rotatable bonds is 7. The SMILES string of the molecule is COc1ccc(C(=O)CN2CCN(CCn3ccnc3)CC2)cc1. The number of Topliss-reactive ketones (excluding diaryl/α,β-unsaturated/α-hetero) is 1. The number of carbonyl (C=O) groups excluding carboxylic acids is 1. The molecule has 0 bridgehead atoms. The molecule has 2 aromatic rings. The first-order valence-electron chi connectivity index (χ1n) is 8.32. The van der Waals surface area contributed by atoms with Crippen LogP contribution in [-0.4, -0.2) is 71.5 Å². The fourth-order valence-electron chi connectivity index (χ4n) is 2.92. The summed E-state index contributed by atoms with van der Waals surface area (Å²) in [4.78, 5) is 21.1. The number of imidazole rings is 1. The molecule has 3 rings (SSSR count). The molecule has 0 N–H and O–H groups in total. The zero-order valence-electron chi connectivity index (χ0n) is 14.1. The molecule has 0 radical (unpaired) electrons. The van der Waals surface area contributed by atoms with E-state index in [1.54, 1.807) is 7.11 Å². The summed E-state index contributed by atoms with van der Waals surface area (Å²) < 4.78 is 7.22. The number of hydrogen-bond acceptors (Lipinski definition) is 5. The first-order valence-corrected chi connectivity index (χ1v) is 8.32. The number of aromatic nitrogens is 2. The van der Waals surface area contributed by atoms with Crippen LogP contribution in [0.1, 0.15) is 10.4 Å². The van der Waals surface area contributed by atoms with Gasteiger partial charge in [0, 0.05) is 57.2 Å². The van der Waals surface area contributed by atoms with E-state index < -0.39 is 0 Å². The summed E-state index contributed by atoms with van der Waals surface area (Å²) in [5, 5.41) is 0. The summed E-state index contributed by atoms with van der Waals surface area (Å²) in [5.74, 6) is 0.947. The smallest absolute Gasteiger partial charge is 0.176 e. The van der Waals surface area contributed by atoms with E-state index in [9.17, 15) is 4.79 Å². The second kappa shape index (κ2) is 8.08. The molecule has 0 unspecified atom stereocenters. The minimum Gasteiger partial charge on any atom is -0.497 e. The van der Waals surface area contributed by atoms with Crippen LogP contribution in [0.3, 0.4) is 0 Å². The fraction of sp³-hybridized carbons (Fsp3) is 0.444. The Hall–Kier alpha value is -2.18. The minimum atomic E-state index is 0.171. The molecule has 6 nitrogen and oxygen atoms in total. The summed E-state index contributed by atoms with van der Waals surface area (Å²) in [7, 11) is 1.63. The number of nitrogens with zero attached hydrogens (tertiary/aromatic N) is 4. The van der Waals surface area contributed by atoms with Crippen LogP contribution in [0, 0.1) is 0 Å². The normalized spacial score (nSPS) is 16.2. The summed E-state index contributed by atoms with van der Waals surface area (Å²) in [6, 6.07) is 7.34. The number of ether oxygens (including phenoxy) is 1. The predicted molar refractivity (Wildman–Crippen MR) is 92.4 cm³/mol. The molecule has 0 saturated carbocycles. The summed E-state index contributed by atoms with van der Waals surface area (Å²) in [6.07, 6.45) is 5.65. The Morgan fingerprint density at radius 1 is 1.08 bits per heavy atom. The zero-order chi connectivity index (χ0) is 16.8. The molecule has 1 aromatic heterocycles. The van der Waals surface area contributed by atoms with Crippen molar-refractivity contribution in [2.75, 3.05) is 46.4 Å². The molecular formula is C18H24N4O2. The standard InChI is InChI=1S/C18H24N4O2/c1-24-17-4-2-16(3-5-17)18(23)14-21-11-8-20(9-12-21)10-13-22-7-6-19-15-22/h2-7,15H,8-14H2,1H3. The zero-order valence-corrected chi connectivity index (χ0v) is 14.1. The molecule has 128 valence electrons. The average Bonchev–Trinajstić information content (AvgIpc) is 3.15. The van der Waals surface area contributed by atoms with E-state index in [0.29, 0.717) is 6.54 Å². The van der Waals surface area contributed by atoms with E-state index in [2.05, 4.69) is 19.4 Å². The second-order valence-corrected chi connectivity index (χ2v) is 6.07. The van der Waals surface area contributed by atoms with Gasteiger partial charge in [0.2, 0.25) is 0 Å². The highest BCUT2D eigenvalue weighted by Gasteiger charge is 2.19. The first-order chi connectivity index (χ1) is 11.7. The van der Waals surface area contributed by atoms with E-state index in [0.717, 1.165) is 50.6 Å². The first kappa shape index (κ1) is 16.7. The Kier molecular flexibility index (Phi) is 5.61. The Morgan fingerprint density at radius 3 is 2.42 bits per heavy atom. The van der Waals surface area contributed by atoms with Gasteiger partial charge in [-0.25, -0.2) is 4.98 Å². The molecule has 6 heteroatoms. The highest BCUT2D eigenvalue weighted by Crippen LogP contribution is 2.12. The van der Waals surface area contributed by atoms with E-state index in [-0.39, 0.29) is 5.78 Å². The van der Waals surface area contributed by atoms with Crippen molar-refractivity contribution in [1.29, 1.82) is 0 Å². The third-order valence-corrected chi connectivity index (χ3v) is 4.48. The third kappa shape index (κ3) is 4.43. The largest absolute Gasteiger partial charge is 0.497 e. The molecule has 0 amide bonds. The van der Waals surface area contributed by atoms with Crippen molar-refractivity contribution < 1.29 is 9.53 Å². The van der Waals surface area contributed by atoms with Crippen LogP contribution in [0.15, 0.2) is 43.0 Å². The highest BCUT2D eigenvalue weighted by molar-refractivity contribution is 5.97. The number of methoxy groups -OCH3 is 1. The van der Waals surface area contributed by atoms with E-state index in [1.165, 1.54) is 0 Å². The lowest BCUT2D eigenvalue weighted by molar-refractivity contribution is 0.0848. The molecule has 0 spiro atoms. The monoisotopic (exact) mass is 328 g/mol. The van der Waals surface area contributed by atoms with Gasteiger partial charge in [0.1, 0.15) is 5.75 Å². The number of benzene rings is 1. The maximum atomic E-state index is 12.4. The second-order valence-electron chi connectivity index (χ2n) is 6.07. The molecule has 1 aliphatic heterocycles. The van der Waals surface area contributed by atoms with Crippen LogP contribution in [0.2, 0.25) is 0 Å².